The van der Waals surface area contributed by atoms with E-state index in [9.17, 15) is 0 Å². The second-order valence-electron chi connectivity index (χ2n) is 6.75. The minimum atomic E-state index is 0.748. The van der Waals surface area contributed by atoms with Crippen molar-refractivity contribution in [2.75, 3.05) is 0 Å². The van der Waals surface area contributed by atoms with Gasteiger partial charge in [-0.05, 0) is 29.6 Å². The van der Waals surface area contributed by atoms with Crippen LogP contribution in [0.15, 0.2) is 72.8 Å². The minimum Gasteiger partial charge on any atom is -0.353 e. The fourth-order valence-corrected chi connectivity index (χ4v) is 4.41. The first-order valence-corrected chi connectivity index (χ1v) is 10.0. The number of hydrogen-bond donors (Lipinski definition) is 2. The molecule has 7 heteroatoms. The number of fused-ring (bicyclic) bond motifs is 2. The van der Waals surface area contributed by atoms with Gasteiger partial charge in [0.25, 0.3) is 0 Å². The zero-order chi connectivity index (χ0) is 19.2. The molecule has 1 aromatic carbocycles. The Bertz CT molecular complexity index is 1450. The summed E-state index contributed by atoms with van der Waals surface area (Å²) in [6.07, 6.45) is 6.90. The molecular weight excluding hydrogens is 380 g/mol. The maximum Gasteiger partial charge on any atom is 0.155 e. The Kier molecular flexibility index (Phi) is 3.54. The Morgan fingerprint density at radius 1 is 0.862 bits per heavy atom. The molecule has 0 aliphatic rings. The van der Waals surface area contributed by atoms with Crippen LogP contribution in [-0.4, -0.2) is 30.1 Å². The maximum absolute atomic E-state index is 4.54. The van der Waals surface area contributed by atoms with Crippen molar-refractivity contribution >= 4 is 33.3 Å². The van der Waals surface area contributed by atoms with Crippen LogP contribution in [-0.2, 0) is 0 Å². The lowest BCUT2D eigenvalue weighted by Gasteiger charge is -2.00. The number of aromatic amines is 2. The summed E-state index contributed by atoms with van der Waals surface area (Å²) < 4.78 is 0. The van der Waals surface area contributed by atoms with Crippen LogP contribution in [0.3, 0.4) is 0 Å². The summed E-state index contributed by atoms with van der Waals surface area (Å²) in [6.45, 7) is 0. The second-order valence-corrected chi connectivity index (χ2v) is 7.69. The highest BCUT2D eigenvalue weighted by molar-refractivity contribution is 7.13. The molecule has 0 unspecified atom stereocenters. The maximum atomic E-state index is 4.54. The van der Waals surface area contributed by atoms with E-state index < -0.39 is 0 Å². The van der Waals surface area contributed by atoms with Crippen molar-refractivity contribution in [1.29, 1.82) is 0 Å². The number of nitrogens with one attached hydrogen (secondary N) is 2. The summed E-state index contributed by atoms with van der Waals surface area (Å²) in [7, 11) is 0. The quantitative estimate of drug-likeness (QED) is 0.427. The van der Waals surface area contributed by atoms with Crippen molar-refractivity contribution in [2.45, 2.75) is 0 Å². The van der Waals surface area contributed by atoms with Crippen molar-refractivity contribution in [1.82, 2.24) is 30.1 Å². The van der Waals surface area contributed by atoms with Crippen molar-refractivity contribution in [3.63, 3.8) is 0 Å². The molecule has 29 heavy (non-hydrogen) atoms. The molecule has 6 rings (SSSR count). The van der Waals surface area contributed by atoms with E-state index in [0.29, 0.717) is 0 Å². The lowest BCUT2D eigenvalue weighted by atomic mass is 10.1. The first-order valence-electron chi connectivity index (χ1n) is 9.12. The van der Waals surface area contributed by atoms with Crippen LogP contribution >= 0.6 is 11.3 Å². The van der Waals surface area contributed by atoms with Gasteiger partial charge in [-0.1, -0.05) is 18.2 Å². The lowest BCUT2D eigenvalue weighted by Crippen LogP contribution is -1.85. The third-order valence-electron chi connectivity index (χ3n) is 5.02. The molecule has 0 radical (unpaired) electrons. The number of benzene rings is 1. The van der Waals surface area contributed by atoms with Gasteiger partial charge < -0.3 is 4.98 Å². The van der Waals surface area contributed by atoms with Gasteiger partial charge in [-0.2, -0.15) is 5.10 Å². The molecule has 6 aromatic rings. The highest BCUT2D eigenvalue weighted by Crippen LogP contribution is 2.36. The van der Waals surface area contributed by atoms with E-state index >= 15 is 0 Å². The number of hydrogen-bond acceptors (Lipinski definition) is 5. The van der Waals surface area contributed by atoms with Crippen molar-refractivity contribution in [3.05, 3.63) is 72.8 Å². The zero-order valence-electron chi connectivity index (χ0n) is 15.1. The summed E-state index contributed by atoms with van der Waals surface area (Å²) in [6, 6.07) is 14.8. The average Bonchev–Trinajstić information content (AvgIpc) is 3.52. The molecule has 0 aliphatic carbocycles. The largest absolute Gasteiger partial charge is 0.353 e. The first-order chi connectivity index (χ1) is 14.4. The molecule has 0 atom stereocenters. The summed E-state index contributed by atoms with van der Waals surface area (Å²) in [5.74, 6) is 0. The van der Waals surface area contributed by atoms with Crippen LogP contribution in [0.1, 0.15) is 0 Å². The molecular formula is C22H14N6S. The van der Waals surface area contributed by atoms with Gasteiger partial charge in [0.2, 0.25) is 0 Å². The number of aromatic nitrogens is 6. The standard InChI is InChI=1S/C22H14N6S/c1-3-15(20-5-2-6-29-20)16-8-19(26-18(16)4-1)21-17-7-13(11-25-22(17)28-27-21)14-9-23-12-24-10-14/h1-12,26H,(H,25,27,28). The van der Waals surface area contributed by atoms with Gasteiger partial charge in [0.15, 0.2) is 5.65 Å². The molecule has 2 N–H and O–H groups in total. The SMILES string of the molecule is c1csc(-c2cccc3[nH]c(-c4n[nH]c5ncc(-c6cncnc6)cc45)cc23)c1. The molecule has 0 saturated carbocycles. The van der Waals surface area contributed by atoms with E-state index in [1.165, 1.54) is 22.2 Å². The van der Waals surface area contributed by atoms with Crippen LogP contribution in [0.5, 0.6) is 0 Å². The molecule has 0 bridgehead atoms. The second kappa shape index (κ2) is 6.35. The van der Waals surface area contributed by atoms with E-state index in [1.807, 2.05) is 6.20 Å². The molecule has 0 aliphatic heterocycles. The molecule has 0 amide bonds. The summed E-state index contributed by atoms with van der Waals surface area (Å²) in [5, 5.41) is 11.8. The highest BCUT2D eigenvalue weighted by Gasteiger charge is 2.15. The summed E-state index contributed by atoms with van der Waals surface area (Å²) in [5.41, 5.74) is 6.74. The van der Waals surface area contributed by atoms with Crippen LogP contribution in [0.4, 0.5) is 0 Å². The fourth-order valence-electron chi connectivity index (χ4n) is 3.64. The van der Waals surface area contributed by atoms with Crippen molar-refractivity contribution in [2.24, 2.45) is 0 Å². The van der Waals surface area contributed by atoms with Gasteiger partial charge in [0.05, 0.1) is 5.69 Å². The number of nitrogens with zero attached hydrogens (tertiary/aromatic N) is 4. The predicted octanol–water partition coefficient (Wildman–Crippen LogP) is 5.29. The number of rotatable bonds is 3. The molecule has 6 nitrogen and oxygen atoms in total. The topological polar surface area (TPSA) is 83.1 Å². The Hall–Kier alpha value is -3.84. The van der Waals surface area contributed by atoms with E-state index in [2.05, 4.69) is 78.0 Å². The van der Waals surface area contributed by atoms with Crippen molar-refractivity contribution in [3.8, 4) is 33.0 Å². The van der Waals surface area contributed by atoms with E-state index in [1.54, 1.807) is 23.7 Å². The van der Waals surface area contributed by atoms with E-state index in [-0.39, 0.29) is 0 Å². The normalized spacial score (nSPS) is 11.4. The van der Waals surface area contributed by atoms with Crippen LogP contribution in [0.25, 0.3) is 54.9 Å². The number of thiophene rings is 1. The first kappa shape index (κ1) is 16.1. The van der Waals surface area contributed by atoms with Gasteiger partial charge in [0, 0.05) is 56.4 Å². The number of pyridine rings is 1. The van der Waals surface area contributed by atoms with Crippen LogP contribution < -0.4 is 0 Å². The molecule has 0 saturated heterocycles. The Labute approximate surface area is 169 Å². The molecule has 0 fully saturated rings. The summed E-state index contributed by atoms with van der Waals surface area (Å²) >= 11 is 1.74. The Morgan fingerprint density at radius 2 is 1.79 bits per heavy atom. The molecule has 5 heterocycles. The smallest absolute Gasteiger partial charge is 0.155 e. The number of H-pyrrole nitrogens is 2. The minimum absolute atomic E-state index is 0.748. The molecule has 5 aromatic heterocycles. The van der Waals surface area contributed by atoms with Crippen LogP contribution in [0, 0.1) is 0 Å². The fraction of sp³-hybridized carbons (Fsp3) is 0. The molecule has 0 spiro atoms. The van der Waals surface area contributed by atoms with Gasteiger partial charge in [-0.3, -0.25) is 5.10 Å². The lowest BCUT2D eigenvalue weighted by molar-refractivity contribution is 1.10. The molecule has 138 valence electrons. The third kappa shape index (κ3) is 2.63. The Balaban J connectivity index is 1.53. The van der Waals surface area contributed by atoms with Gasteiger partial charge in [-0.25, -0.2) is 15.0 Å². The summed E-state index contributed by atoms with van der Waals surface area (Å²) in [4.78, 5) is 17.5. The van der Waals surface area contributed by atoms with Gasteiger partial charge in [-0.15, -0.1) is 11.3 Å². The van der Waals surface area contributed by atoms with E-state index in [0.717, 1.165) is 39.1 Å². The highest BCUT2D eigenvalue weighted by atomic mass is 32.1. The average molecular weight is 394 g/mol. The van der Waals surface area contributed by atoms with E-state index in [4.69, 9.17) is 0 Å². The zero-order valence-corrected chi connectivity index (χ0v) is 15.9. The third-order valence-corrected chi connectivity index (χ3v) is 5.92. The Morgan fingerprint density at radius 3 is 2.66 bits per heavy atom. The van der Waals surface area contributed by atoms with Gasteiger partial charge in [0.1, 0.15) is 12.0 Å². The van der Waals surface area contributed by atoms with Crippen molar-refractivity contribution < 1.29 is 0 Å². The van der Waals surface area contributed by atoms with Gasteiger partial charge >= 0.3 is 0 Å². The van der Waals surface area contributed by atoms with Crippen LogP contribution in [0.2, 0.25) is 0 Å². The monoisotopic (exact) mass is 394 g/mol. The predicted molar refractivity (Wildman–Crippen MR) is 116 cm³/mol.